The highest BCUT2D eigenvalue weighted by molar-refractivity contribution is 5.77. The predicted octanol–water partition coefficient (Wildman–Crippen LogP) is 2.69. The van der Waals surface area contributed by atoms with E-state index in [2.05, 4.69) is 5.01 Å². The van der Waals surface area contributed by atoms with E-state index >= 15 is 0 Å². The van der Waals surface area contributed by atoms with Gasteiger partial charge in [0.2, 0.25) is 5.91 Å². The van der Waals surface area contributed by atoms with Crippen molar-refractivity contribution in [2.45, 2.75) is 33.2 Å². The van der Waals surface area contributed by atoms with Crippen molar-refractivity contribution in [3.05, 3.63) is 29.8 Å². The van der Waals surface area contributed by atoms with Crippen molar-refractivity contribution in [2.24, 2.45) is 5.92 Å². The second-order valence-corrected chi connectivity index (χ2v) is 5.56. The molecule has 0 spiro atoms. The van der Waals surface area contributed by atoms with Crippen LogP contribution in [-0.4, -0.2) is 36.1 Å². The van der Waals surface area contributed by atoms with E-state index in [0.717, 1.165) is 24.4 Å². The topological polar surface area (TPSA) is 32.8 Å². The molecule has 0 aromatic heterocycles. The lowest BCUT2D eigenvalue weighted by Crippen LogP contribution is -2.46. The van der Waals surface area contributed by atoms with Crippen molar-refractivity contribution >= 4 is 5.91 Å². The average molecular weight is 276 g/mol. The molecular formula is C16H24N2O2. The molecule has 0 radical (unpaired) electrons. The molecule has 4 heteroatoms. The van der Waals surface area contributed by atoms with Crippen LogP contribution in [0.3, 0.4) is 0 Å². The Hall–Kier alpha value is -1.55. The van der Waals surface area contributed by atoms with E-state index in [-0.39, 0.29) is 11.8 Å². The summed E-state index contributed by atoms with van der Waals surface area (Å²) < 4.78 is 5.25. The molecule has 1 aromatic rings. The summed E-state index contributed by atoms with van der Waals surface area (Å²) in [7, 11) is 1.66. The SMILES string of the molecule is COc1cccc(CN(C(=O)C(C)C)N2CCCC2)c1. The van der Waals surface area contributed by atoms with Gasteiger partial charge < -0.3 is 4.74 Å². The third-order valence-corrected chi connectivity index (χ3v) is 3.64. The van der Waals surface area contributed by atoms with Gasteiger partial charge in [-0.05, 0) is 30.5 Å². The highest BCUT2D eigenvalue weighted by Gasteiger charge is 2.26. The number of rotatable bonds is 5. The minimum Gasteiger partial charge on any atom is -0.497 e. The molecule has 0 atom stereocenters. The maximum atomic E-state index is 12.4. The Balaban J connectivity index is 2.15. The van der Waals surface area contributed by atoms with Crippen LogP contribution in [-0.2, 0) is 11.3 Å². The van der Waals surface area contributed by atoms with Gasteiger partial charge in [0, 0.05) is 19.0 Å². The highest BCUT2D eigenvalue weighted by atomic mass is 16.5. The van der Waals surface area contributed by atoms with Crippen LogP contribution in [0.1, 0.15) is 32.3 Å². The lowest BCUT2D eigenvalue weighted by atomic mass is 10.1. The standard InChI is InChI=1S/C16H24N2O2/c1-13(2)16(19)18(17-9-4-5-10-17)12-14-7-6-8-15(11-14)20-3/h6-8,11,13H,4-5,9-10,12H2,1-3H3. The highest BCUT2D eigenvalue weighted by Crippen LogP contribution is 2.19. The molecule has 1 heterocycles. The number of amides is 1. The minimum atomic E-state index is 0.0150. The lowest BCUT2D eigenvalue weighted by Gasteiger charge is -2.33. The molecule has 0 aliphatic carbocycles. The van der Waals surface area contributed by atoms with Crippen LogP contribution >= 0.6 is 0 Å². The van der Waals surface area contributed by atoms with Gasteiger partial charge >= 0.3 is 0 Å². The Kier molecular flexibility index (Phi) is 5.01. The second-order valence-electron chi connectivity index (χ2n) is 5.56. The Morgan fingerprint density at radius 2 is 2.05 bits per heavy atom. The van der Waals surface area contributed by atoms with Gasteiger partial charge in [-0.15, -0.1) is 0 Å². The summed E-state index contributed by atoms with van der Waals surface area (Å²) in [6.45, 7) is 6.48. The molecule has 1 fully saturated rings. The van der Waals surface area contributed by atoms with Crippen LogP contribution < -0.4 is 4.74 Å². The smallest absolute Gasteiger partial charge is 0.239 e. The largest absolute Gasteiger partial charge is 0.497 e. The third kappa shape index (κ3) is 3.51. The Labute approximate surface area is 121 Å². The van der Waals surface area contributed by atoms with E-state index in [1.54, 1.807) is 7.11 Å². The summed E-state index contributed by atoms with van der Waals surface area (Å²) in [5, 5.41) is 4.09. The number of carbonyl (C=O) groups is 1. The van der Waals surface area contributed by atoms with Crippen LogP contribution in [0.4, 0.5) is 0 Å². The number of carbonyl (C=O) groups excluding carboxylic acids is 1. The number of hydrazine groups is 1. The third-order valence-electron chi connectivity index (χ3n) is 3.64. The predicted molar refractivity (Wildman–Crippen MR) is 79.2 cm³/mol. The van der Waals surface area contributed by atoms with Gasteiger partial charge in [0.15, 0.2) is 0 Å². The zero-order chi connectivity index (χ0) is 14.5. The van der Waals surface area contributed by atoms with Crippen LogP contribution in [0.5, 0.6) is 5.75 Å². The van der Waals surface area contributed by atoms with Gasteiger partial charge in [0.25, 0.3) is 0 Å². The maximum absolute atomic E-state index is 12.4. The van der Waals surface area contributed by atoms with Crippen LogP contribution in [0.25, 0.3) is 0 Å². The summed E-state index contributed by atoms with van der Waals surface area (Å²) >= 11 is 0. The summed E-state index contributed by atoms with van der Waals surface area (Å²) in [5.41, 5.74) is 1.10. The average Bonchev–Trinajstić information content (AvgIpc) is 2.98. The van der Waals surface area contributed by atoms with Gasteiger partial charge in [0.05, 0.1) is 13.7 Å². The van der Waals surface area contributed by atoms with Gasteiger partial charge in [-0.25, -0.2) is 5.01 Å². The maximum Gasteiger partial charge on any atom is 0.239 e. The summed E-state index contributed by atoms with van der Waals surface area (Å²) in [5.74, 6) is 1.04. The number of benzene rings is 1. The van der Waals surface area contributed by atoms with Crippen molar-refractivity contribution in [2.75, 3.05) is 20.2 Å². The Bertz CT molecular complexity index is 454. The molecule has 1 saturated heterocycles. The first-order valence-corrected chi connectivity index (χ1v) is 7.31. The first kappa shape index (κ1) is 14.9. The fraction of sp³-hybridized carbons (Fsp3) is 0.562. The van der Waals surface area contributed by atoms with E-state index in [1.807, 2.05) is 43.1 Å². The molecule has 1 amide bonds. The minimum absolute atomic E-state index is 0.0150. The normalized spacial score (nSPS) is 15.6. The number of ether oxygens (including phenoxy) is 1. The molecule has 1 aliphatic rings. The summed E-state index contributed by atoms with van der Waals surface area (Å²) in [6.07, 6.45) is 2.33. The first-order valence-electron chi connectivity index (χ1n) is 7.31. The van der Waals surface area contributed by atoms with Crippen molar-refractivity contribution in [1.82, 2.24) is 10.0 Å². The zero-order valence-electron chi connectivity index (χ0n) is 12.6. The van der Waals surface area contributed by atoms with E-state index in [0.29, 0.717) is 6.54 Å². The van der Waals surface area contributed by atoms with Crippen molar-refractivity contribution in [3.8, 4) is 5.75 Å². The summed E-state index contributed by atoms with van der Waals surface area (Å²) in [4.78, 5) is 12.4. The number of nitrogens with zero attached hydrogens (tertiary/aromatic N) is 2. The molecular weight excluding hydrogens is 252 g/mol. The number of hydrogen-bond acceptors (Lipinski definition) is 3. The molecule has 0 N–H and O–H groups in total. The molecule has 0 saturated carbocycles. The van der Waals surface area contributed by atoms with Crippen molar-refractivity contribution in [3.63, 3.8) is 0 Å². The Morgan fingerprint density at radius 3 is 2.65 bits per heavy atom. The Morgan fingerprint density at radius 1 is 1.35 bits per heavy atom. The summed E-state index contributed by atoms with van der Waals surface area (Å²) in [6, 6.07) is 7.93. The number of hydrogen-bond donors (Lipinski definition) is 0. The molecule has 20 heavy (non-hydrogen) atoms. The van der Waals surface area contributed by atoms with E-state index in [4.69, 9.17) is 4.74 Å². The van der Waals surface area contributed by atoms with Gasteiger partial charge in [0.1, 0.15) is 5.75 Å². The van der Waals surface area contributed by atoms with Crippen molar-refractivity contribution < 1.29 is 9.53 Å². The van der Waals surface area contributed by atoms with Crippen molar-refractivity contribution in [1.29, 1.82) is 0 Å². The fourth-order valence-corrected chi connectivity index (χ4v) is 2.50. The van der Waals surface area contributed by atoms with E-state index < -0.39 is 0 Å². The zero-order valence-corrected chi connectivity index (χ0v) is 12.6. The monoisotopic (exact) mass is 276 g/mol. The molecule has 2 rings (SSSR count). The fourth-order valence-electron chi connectivity index (χ4n) is 2.50. The molecule has 1 aromatic carbocycles. The van der Waals surface area contributed by atoms with Crippen LogP contribution in [0.15, 0.2) is 24.3 Å². The van der Waals surface area contributed by atoms with Gasteiger partial charge in [-0.1, -0.05) is 26.0 Å². The van der Waals surface area contributed by atoms with E-state index in [1.165, 1.54) is 12.8 Å². The van der Waals surface area contributed by atoms with Gasteiger partial charge in [-0.2, -0.15) is 0 Å². The number of methoxy groups -OCH3 is 1. The molecule has 4 nitrogen and oxygen atoms in total. The molecule has 0 bridgehead atoms. The van der Waals surface area contributed by atoms with Crippen LogP contribution in [0.2, 0.25) is 0 Å². The quantitative estimate of drug-likeness (QED) is 0.829. The molecule has 110 valence electrons. The second kappa shape index (κ2) is 6.75. The molecule has 0 unspecified atom stereocenters. The molecule has 1 aliphatic heterocycles. The van der Waals surface area contributed by atoms with Gasteiger partial charge in [-0.3, -0.25) is 9.80 Å². The van der Waals surface area contributed by atoms with Crippen LogP contribution in [0, 0.1) is 5.92 Å². The first-order chi connectivity index (χ1) is 9.61. The lowest BCUT2D eigenvalue weighted by molar-refractivity contribution is -0.152. The van der Waals surface area contributed by atoms with E-state index in [9.17, 15) is 4.79 Å².